The van der Waals surface area contributed by atoms with Crippen molar-refractivity contribution in [3.8, 4) is 5.75 Å². The summed E-state index contributed by atoms with van der Waals surface area (Å²) in [7, 11) is 0. The molecule has 0 bridgehead atoms. The van der Waals surface area contributed by atoms with E-state index in [9.17, 15) is 0 Å². The lowest BCUT2D eigenvalue weighted by Gasteiger charge is -2.11. The summed E-state index contributed by atoms with van der Waals surface area (Å²) in [5, 5.41) is 3.35. The van der Waals surface area contributed by atoms with Gasteiger partial charge in [-0.1, -0.05) is 19.1 Å². The Balaban J connectivity index is 1.86. The van der Waals surface area contributed by atoms with E-state index in [1.54, 1.807) is 0 Å². The molecule has 1 aromatic rings. The van der Waals surface area contributed by atoms with Crippen molar-refractivity contribution >= 4 is 0 Å². The van der Waals surface area contributed by atoms with E-state index in [1.807, 2.05) is 6.07 Å². The maximum atomic E-state index is 5.79. The molecule has 0 radical (unpaired) electrons. The predicted octanol–water partition coefficient (Wildman–Crippen LogP) is 2.24. The first-order valence-electron chi connectivity index (χ1n) is 5.81. The number of hydrogen-bond acceptors (Lipinski definition) is 2. The van der Waals surface area contributed by atoms with Gasteiger partial charge in [0.2, 0.25) is 0 Å². The highest BCUT2D eigenvalue weighted by molar-refractivity contribution is 5.28. The van der Waals surface area contributed by atoms with Gasteiger partial charge in [0.25, 0.3) is 0 Å². The molecule has 0 saturated carbocycles. The second-order valence-corrected chi connectivity index (χ2v) is 4.17. The SMILES string of the molecule is CCc1cccc(OCC2CCNC2)c1. The molecule has 15 heavy (non-hydrogen) atoms. The van der Waals surface area contributed by atoms with Gasteiger partial charge in [-0.3, -0.25) is 0 Å². The van der Waals surface area contributed by atoms with Crippen LogP contribution < -0.4 is 10.1 Å². The van der Waals surface area contributed by atoms with E-state index in [4.69, 9.17) is 4.74 Å². The molecule has 2 nitrogen and oxygen atoms in total. The van der Waals surface area contributed by atoms with Gasteiger partial charge in [-0.2, -0.15) is 0 Å². The van der Waals surface area contributed by atoms with Gasteiger partial charge in [-0.15, -0.1) is 0 Å². The van der Waals surface area contributed by atoms with Gasteiger partial charge in [0.15, 0.2) is 0 Å². The number of ether oxygens (including phenoxy) is 1. The number of benzene rings is 1. The maximum Gasteiger partial charge on any atom is 0.119 e. The summed E-state index contributed by atoms with van der Waals surface area (Å²) in [6.45, 7) is 5.26. The Hall–Kier alpha value is -1.02. The molecule has 1 aromatic carbocycles. The summed E-state index contributed by atoms with van der Waals surface area (Å²) in [6.07, 6.45) is 2.32. The zero-order valence-corrected chi connectivity index (χ0v) is 9.33. The average molecular weight is 205 g/mol. The van der Waals surface area contributed by atoms with Crippen molar-refractivity contribution in [3.05, 3.63) is 29.8 Å². The van der Waals surface area contributed by atoms with Crippen LogP contribution in [0.2, 0.25) is 0 Å². The lowest BCUT2D eigenvalue weighted by molar-refractivity contribution is 0.260. The lowest BCUT2D eigenvalue weighted by atomic mass is 10.1. The Kier molecular flexibility index (Phi) is 3.62. The number of nitrogens with one attached hydrogen (secondary N) is 1. The third kappa shape index (κ3) is 2.96. The van der Waals surface area contributed by atoms with Crippen LogP contribution in [0.5, 0.6) is 5.75 Å². The number of hydrogen-bond donors (Lipinski definition) is 1. The van der Waals surface area contributed by atoms with E-state index in [0.29, 0.717) is 5.92 Å². The van der Waals surface area contributed by atoms with Gasteiger partial charge in [0, 0.05) is 12.5 Å². The van der Waals surface area contributed by atoms with E-state index in [1.165, 1.54) is 12.0 Å². The molecule has 1 aliphatic heterocycles. The van der Waals surface area contributed by atoms with E-state index < -0.39 is 0 Å². The van der Waals surface area contributed by atoms with Gasteiger partial charge in [-0.25, -0.2) is 0 Å². The Morgan fingerprint density at radius 1 is 1.47 bits per heavy atom. The van der Waals surface area contributed by atoms with Crippen LogP contribution in [0.15, 0.2) is 24.3 Å². The van der Waals surface area contributed by atoms with Crippen LogP contribution >= 0.6 is 0 Å². The summed E-state index contributed by atoms with van der Waals surface area (Å²) >= 11 is 0. The average Bonchev–Trinajstić information content (AvgIpc) is 2.79. The van der Waals surface area contributed by atoms with Crippen LogP contribution in [0.3, 0.4) is 0 Å². The van der Waals surface area contributed by atoms with E-state index in [-0.39, 0.29) is 0 Å². The normalized spacial score (nSPS) is 20.5. The fourth-order valence-electron chi connectivity index (χ4n) is 1.93. The minimum atomic E-state index is 0.690. The maximum absolute atomic E-state index is 5.79. The van der Waals surface area contributed by atoms with Crippen molar-refractivity contribution in [2.75, 3.05) is 19.7 Å². The highest BCUT2D eigenvalue weighted by Crippen LogP contribution is 2.16. The molecule has 0 spiro atoms. The van der Waals surface area contributed by atoms with Crippen molar-refractivity contribution in [3.63, 3.8) is 0 Å². The van der Waals surface area contributed by atoms with E-state index in [2.05, 4.69) is 30.4 Å². The minimum absolute atomic E-state index is 0.690. The van der Waals surface area contributed by atoms with Crippen molar-refractivity contribution < 1.29 is 4.74 Å². The molecule has 1 fully saturated rings. The molecule has 82 valence electrons. The van der Waals surface area contributed by atoms with Gasteiger partial charge in [-0.05, 0) is 37.1 Å². The zero-order valence-electron chi connectivity index (χ0n) is 9.33. The molecule has 1 aliphatic rings. The molecule has 1 unspecified atom stereocenters. The summed E-state index contributed by atoms with van der Waals surface area (Å²) in [5.41, 5.74) is 1.34. The fraction of sp³-hybridized carbons (Fsp3) is 0.538. The van der Waals surface area contributed by atoms with E-state index >= 15 is 0 Å². The van der Waals surface area contributed by atoms with Crippen LogP contribution in [0.1, 0.15) is 18.9 Å². The molecule has 1 heterocycles. The molecule has 1 N–H and O–H groups in total. The van der Waals surface area contributed by atoms with Gasteiger partial charge < -0.3 is 10.1 Å². The topological polar surface area (TPSA) is 21.3 Å². The van der Waals surface area contributed by atoms with Crippen molar-refractivity contribution in [2.45, 2.75) is 19.8 Å². The Labute approximate surface area is 91.6 Å². The zero-order chi connectivity index (χ0) is 10.5. The van der Waals surface area contributed by atoms with Crippen LogP contribution in [0.25, 0.3) is 0 Å². The first kappa shape index (κ1) is 10.5. The third-order valence-corrected chi connectivity index (χ3v) is 2.95. The molecule has 1 atom stereocenters. The molecule has 1 saturated heterocycles. The van der Waals surface area contributed by atoms with E-state index in [0.717, 1.165) is 31.9 Å². The summed E-state index contributed by atoms with van der Waals surface area (Å²) in [6, 6.07) is 8.40. The quantitative estimate of drug-likeness (QED) is 0.814. The molecular weight excluding hydrogens is 186 g/mol. The Morgan fingerprint density at radius 3 is 3.13 bits per heavy atom. The minimum Gasteiger partial charge on any atom is -0.493 e. The van der Waals surface area contributed by atoms with Gasteiger partial charge in [0.05, 0.1) is 6.61 Å². The molecule has 0 amide bonds. The molecule has 0 aliphatic carbocycles. The summed E-state index contributed by atoms with van der Waals surface area (Å²) in [5.74, 6) is 1.71. The highest BCUT2D eigenvalue weighted by Gasteiger charge is 2.14. The van der Waals surface area contributed by atoms with Crippen molar-refractivity contribution in [2.24, 2.45) is 5.92 Å². The first-order valence-corrected chi connectivity index (χ1v) is 5.81. The summed E-state index contributed by atoms with van der Waals surface area (Å²) in [4.78, 5) is 0. The third-order valence-electron chi connectivity index (χ3n) is 2.95. The lowest BCUT2D eigenvalue weighted by Crippen LogP contribution is -2.15. The Bertz CT molecular complexity index is 305. The monoisotopic (exact) mass is 205 g/mol. The first-order chi connectivity index (χ1) is 7.38. The van der Waals surface area contributed by atoms with Crippen molar-refractivity contribution in [1.82, 2.24) is 5.32 Å². The molecule has 0 aromatic heterocycles. The van der Waals surface area contributed by atoms with Gasteiger partial charge >= 0.3 is 0 Å². The fourth-order valence-corrected chi connectivity index (χ4v) is 1.93. The molecular formula is C13H19NO. The van der Waals surface area contributed by atoms with Crippen LogP contribution in [0.4, 0.5) is 0 Å². The van der Waals surface area contributed by atoms with Crippen LogP contribution in [-0.4, -0.2) is 19.7 Å². The van der Waals surface area contributed by atoms with Crippen LogP contribution in [0, 0.1) is 5.92 Å². The number of rotatable bonds is 4. The molecule has 2 rings (SSSR count). The Morgan fingerprint density at radius 2 is 2.40 bits per heavy atom. The smallest absolute Gasteiger partial charge is 0.119 e. The molecule has 2 heteroatoms. The second kappa shape index (κ2) is 5.17. The highest BCUT2D eigenvalue weighted by atomic mass is 16.5. The largest absolute Gasteiger partial charge is 0.493 e. The summed E-state index contributed by atoms with van der Waals surface area (Å²) < 4.78 is 5.79. The second-order valence-electron chi connectivity index (χ2n) is 4.17. The predicted molar refractivity (Wildman–Crippen MR) is 62.3 cm³/mol. The van der Waals surface area contributed by atoms with Gasteiger partial charge in [0.1, 0.15) is 5.75 Å². The van der Waals surface area contributed by atoms with Crippen molar-refractivity contribution in [1.29, 1.82) is 0 Å². The van der Waals surface area contributed by atoms with Crippen LogP contribution in [-0.2, 0) is 6.42 Å². The standard InChI is InChI=1S/C13H19NO/c1-2-11-4-3-5-13(8-11)15-10-12-6-7-14-9-12/h3-5,8,12,14H,2,6-7,9-10H2,1H3. The number of aryl methyl sites for hydroxylation is 1.